The lowest BCUT2D eigenvalue weighted by molar-refractivity contribution is 0.302. The highest BCUT2D eigenvalue weighted by molar-refractivity contribution is 8.14. The molecule has 0 bridgehead atoms. The van der Waals surface area contributed by atoms with E-state index in [9.17, 15) is 0 Å². The third-order valence-corrected chi connectivity index (χ3v) is 5.17. The zero-order valence-electron chi connectivity index (χ0n) is 10.5. The summed E-state index contributed by atoms with van der Waals surface area (Å²) in [6, 6.07) is 0.613. The van der Waals surface area contributed by atoms with E-state index in [2.05, 4.69) is 24.2 Å². The van der Waals surface area contributed by atoms with Crippen molar-refractivity contribution in [1.82, 2.24) is 5.32 Å². The van der Waals surface area contributed by atoms with E-state index in [0.29, 0.717) is 6.04 Å². The number of nitrogens with one attached hydrogen (secondary N) is 1. The van der Waals surface area contributed by atoms with Crippen molar-refractivity contribution in [3.8, 4) is 0 Å². The third kappa shape index (κ3) is 3.16. The fourth-order valence-electron chi connectivity index (χ4n) is 2.66. The smallest absolute Gasteiger partial charge is 0.157 e. The molecule has 2 nitrogen and oxygen atoms in total. The zero-order chi connectivity index (χ0) is 11.4. The van der Waals surface area contributed by atoms with Gasteiger partial charge in [-0.15, -0.1) is 0 Å². The van der Waals surface area contributed by atoms with Crippen LogP contribution in [0.2, 0.25) is 0 Å². The van der Waals surface area contributed by atoms with Gasteiger partial charge in [0.05, 0.1) is 6.54 Å². The van der Waals surface area contributed by atoms with Crippen LogP contribution >= 0.6 is 11.8 Å². The summed E-state index contributed by atoms with van der Waals surface area (Å²) in [4.78, 5) is 4.59. The molecule has 1 fully saturated rings. The quantitative estimate of drug-likeness (QED) is 0.817. The predicted octanol–water partition coefficient (Wildman–Crippen LogP) is 3.43. The lowest BCUT2D eigenvalue weighted by Crippen LogP contribution is -2.37. The van der Waals surface area contributed by atoms with Crippen LogP contribution in [-0.2, 0) is 0 Å². The highest BCUT2D eigenvalue weighted by Crippen LogP contribution is 2.28. The fraction of sp³-hybridized carbons (Fsp3) is 0.923. The van der Waals surface area contributed by atoms with Crippen LogP contribution < -0.4 is 5.32 Å². The highest BCUT2D eigenvalue weighted by atomic mass is 32.2. The topological polar surface area (TPSA) is 24.4 Å². The average molecular weight is 240 g/mol. The molecule has 0 amide bonds. The molecule has 3 heteroatoms. The largest absolute Gasteiger partial charge is 0.362 e. The number of thioether (sulfide) groups is 1. The zero-order valence-corrected chi connectivity index (χ0v) is 11.4. The third-order valence-electron chi connectivity index (χ3n) is 3.88. The first-order valence-corrected chi connectivity index (χ1v) is 7.65. The number of hydrogen-bond donors (Lipinski definition) is 1. The van der Waals surface area contributed by atoms with Crippen LogP contribution in [0.3, 0.4) is 0 Å². The van der Waals surface area contributed by atoms with Gasteiger partial charge in [0.25, 0.3) is 0 Å². The molecule has 92 valence electrons. The second-order valence-corrected chi connectivity index (χ2v) is 6.41. The maximum absolute atomic E-state index is 4.59. The Morgan fingerprint density at radius 2 is 2.12 bits per heavy atom. The Morgan fingerprint density at radius 1 is 1.38 bits per heavy atom. The summed E-state index contributed by atoms with van der Waals surface area (Å²) >= 11 is 1.94. The van der Waals surface area contributed by atoms with E-state index in [1.54, 1.807) is 0 Å². The van der Waals surface area contributed by atoms with Gasteiger partial charge >= 0.3 is 0 Å². The first-order valence-electron chi connectivity index (χ1n) is 6.77. The molecule has 0 spiro atoms. The van der Waals surface area contributed by atoms with Crippen LogP contribution in [0, 0.1) is 5.92 Å². The fourth-order valence-corrected chi connectivity index (χ4v) is 3.69. The van der Waals surface area contributed by atoms with Crippen molar-refractivity contribution < 1.29 is 0 Å². The van der Waals surface area contributed by atoms with Gasteiger partial charge in [-0.25, -0.2) is 0 Å². The van der Waals surface area contributed by atoms with Gasteiger partial charge < -0.3 is 5.32 Å². The molecule has 0 aromatic heterocycles. The Balaban J connectivity index is 1.76. The number of nitrogens with zero attached hydrogens (tertiary/aromatic N) is 1. The molecule has 2 atom stereocenters. The standard InChI is InChI=1S/C13H24N2S/c1-3-12-9-14-13(16-12)15-10(2)11-7-5-4-6-8-11/h10-12H,3-9H2,1-2H3,(H,14,15). The van der Waals surface area contributed by atoms with Gasteiger partial charge in [0, 0.05) is 11.3 Å². The van der Waals surface area contributed by atoms with Gasteiger partial charge in [-0.3, -0.25) is 4.99 Å². The van der Waals surface area contributed by atoms with E-state index in [0.717, 1.165) is 17.7 Å². The molecule has 1 N–H and O–H groups in total. The highest BCUT2D eigenvalue weighted by Gasteiger charge is 2.24. The lowest BCUT2D eigenvalue weighted by Gasteiger charge is -2.28. The summed E-state index contributed by atoms with van der Waals surface area (Å²) in [5, 5.41) is 5.55. The number of amidine groups is 1. The summed E-state index contributed by atoms with van der Waals surface area (Å²) in [7, 11) is 0. The Morgan fingerprint density at radius 3 is 2.75 bits per heavy atom. The van der Waals surface area contributed by atoms with Crippen molar-refractivity contribution in [2.75, 3.05) is 6.54 Å². The SMILES string of the molecule is CCC1CN=C(NC(C)C2CCCCC2)S1. The Kier molecular flexibility index (Phi) is 4.56. The van der Waals surface area contributed by atoms with Crippen molar-refractivity contribution >= 4 is 16.9 Å². The molecule has 1 heterocycles. The van der Waals surface area contributed by atoms with Crippen LogP contribution in [0.1, 0.15) is 52.4 Å². The predicted molar refractivity (Wildman–Crippen MR) is 73.1 cm³/mol. The van der Waals surface area contributed by atoms with Crippen LogP contribution in [0.4, 0.5) is 0 Å². The molecule has 2 unspecified atom stereocenters. The molecule has 16 heavy (non-hydrogen) atoms. The van der Waals surface area contributed by atoms with Crippen molar-refractivity contribution in [2.45, 2.75) is 63.7 Å². The molecule has 1 saturated carbocycles. The van der Waals surface area contributed by atoms with E-state index >= 15 is 0 Å². The molecular formula is C13H24N2S. The Labute approximate surface area is 104 Å². The summed E-state index contributed by atoms with van der Waals surface area (Å²) < 4.78 is 0. The molecule has 0 radical (unpaired) electrons. The number of aliphatic imine (C=N–C) groups is 1. The summed E-state index contributed by atoms with van der Waals surface area (Å²) in [6.07, 6.45) is 8.34. The van der Waals surface area contributed by atoms with Gasteiger partial charge in [-0.2, -0.15) is 0 Å². The molecule has 2 aliphatic rings. The van der Waals surface area contributed by atoms with Gasteiger partial charge in [0.2, 0.25) is 0 Å². The molecule has 2 rings (SSSR count). The van der Waals surface area contributed by atoms with Crippen molar-refractivity contribution in [2.24, 2.45) is 10.9 Å². The monoisotopic (exact) mass is 240 g/mol. The van der Waals surface area contributed by atoms with Crippen LogP contribution in [0.5, 0.6) is 0 Å². The maximum Gasteiger partial charge on any atom is 0.157 e. The Bertz CT molecular complexity index is 246. The lowest BCUT2D eigenvalue weighted by atomic mass is 9.85. The molecule has 0 saturated heterocycles. The number of hydrogen-bond acceptors (Lipinski definition) is 3. The summed E-state index contributed by atoms with van der Waals surface area (Å²) in [6.45, 7) is 5.60. The molecule has 0 aromatic carbocycles. The minimum Gasteiger partial charge on any atom is -0.362 e. The minimum absolute atomic E-state index is 0.613. The van der Waals surface area contributed by atoms with E-state index in [-0.39, 0.29) is 0 Å². The van der Waals surface area contributed by atoms with E-state index < -0.39 is 0 Å². The molecule has 1 aliphatic heterocycles. The second-order valence-electron chi connectivity index (χ2n) is 5.13. The second kappa shape index (κ2) is 5.95. The van der Waals surface area contributed by atoms with Crippen molar-refractivity contribution in [1.29, 1.82) is 0 Å². The van der Waals surface area contributed by atoms with Crippen LogP contribution in [-0.4, -0.2) is 23.0 Å². The van der Waals surface area contributed by atoms with Gasteiger partial charge in [-0.1, -0.05) is 37.9 Å². The number of rotatable bonds is 3. The van der Waals surface area contributed by atoms with E-state index in [4.69, 9.17) is 0 Å². The van der Waals surface area contributed by atoms with E-state index in [1.807, 2.05) is 11.8 Å². The molecule has 0 aromatic rings. The molecular weight excluding hydrogens is 216 g/mol. The first-order chi connectivity index (χ1) is 7.79. The van der Waals surface area contributed by atoms with Crippen LogP contribution in [0.25, 0.3) is 0 Å². The summed E-state index contributed by atoms with van der Waals surface area (Å²) in [5.41, 5.74) is 0. The maximum atomic E-state index is 4.59. The van der Waals surface area contributed by atoms with Crippen molar-refractivity contribution in [3.63, 3.8) is 0 Å². The molecule has 1 aliphatic carbocycles. The van der Waals surface area contributed by atoms with Gasteiger partial charge in [0.1, 0.15) is 0 Å². The average Bonchev–Trinajstić information content (AvgIpc) is 2.78. The minimum atomic E-state index is 0.613. The summed E-state index contributed by atoms with van der Waals surface area (Å²) in [5.74, 6) is 0.873. The van der Waals surface area contributed by atoms with Crippen molar-refractivity contribution in [3.05, 3.63) is 0 Å². The first kappa shape index (κ1) is 12.3. The normalized spacial score (nSPS) is 28.9. The Hall–Kier alpha value is -0.180. The van der Waals surface area contributed by atoms with E-state index in [1.165, 1.54) is 43.7 Å². The van der Waals surface area contributed by atoms with Crippen LogP contribution in [0.15, 0.2) is 4.99 Å². The van der Waals surface area contributed by atoms with Gasteiger partial charge in [-0.05, 0) is 32.1 Å². The van der Waals surface area contributed by atoms with Gasteiger partial charge in [0.15, 0.2) is 5.17 Å².